The van der Waals surface area contributed by atoms with E-state index in [2.05, 4.69) is 20.7 Å². The minimum absolute atomic E-state index is 0.118. The molecule has 4 aromatic carbocycles. The molecule has 10 heteroatoms. The number of benzene rings is 4. The lowest BCUT2D eigenvalue weighted by Crippen LogP contribution is -2.08. The van der Waals surface area contributed by atoms with Gasteiger partial charge in [-0.25, -0.2) is 31.6 Å². The van der Waals surface area contributed by atoms with Gasteiger partial charge in [0.2, 0.25) is 5.82 Å². The van der Waals surface area contributed by atoms with E-state index in [1.807, 2.05) is 55.5 Å². The number of pyridine rings is 1. The Kier molecular flexibility index (Phi) is 7.97. The zero-order valence-electron chi connectivity index (χ0n) is 27.3. The third kappa shape index (κ3) is 5.31. The molecule has 0 fully saturated rings. The molecule has 0 unspecified atom stereocenters. The molecule has 7 rings (SSSR count). The first-order valence-corrected chi connectivity index (χ1v) is 15.8. The second kappa shape index (κ2) is 12.2. The highest BCUT2D eigenvalue weighted by Gasteiger charge is 2.33. The lowest BCUT2D eigenvalue weighted by molar-refractivity contribution is 0.381. The number of aromatic nitrogens is 4. The predicted octanol–water partition coefficient (Wildman–Crippen LogP) is 11.1. The van der Waals surface area contributed by atoms with E-state index in [0.29, 0.717) is 22.9 Å². The number of hydrogen-bond donors (Lipinski definition) is 0. The molecule has 3 heterocycles. The van der Waals surface area contributed by atoms with Crippen LogP contribution in [-0.4, -0.2) is 19.3 Å². The van der Waals surface area contributed by atoms with Crippen molar-refractivity contribution in [2.24, 2.45) is 0 Å². The normalized spacial score (nSPS) is 11.8. The molecule has 3 aromatic heterocycles. The standard InChI is InChI=1S/C39H31F5N4O/c1-20(2)38-32(31-33(40)35(42)37(44)36(43)34(31)41)39(21(3)4)48(46-38)23-9-8-10-24(18-23)49-25-13-14-27-26-11-6-7-12-28(26)47(29(27)19-25)30-17-22(5)15-16-45-30/h6-21H,1-5H3. The number of para-hydroxylation sites is 1. The van der Waals surface area contributed by atoms with Gasteiger partial charge in [-0.05, 0) is 66.8 Å². The van der Waals surface area contributed by atoms with E-state index < -0.39 is 46.5 Å². The Morgan fingerprint density at radius 1 is 0.633 bits per heavy atom. The van der Waals surface area contributed by atoms with Crippen molar-refractivity contribution >= 4 is 21.8 Å². The van der Waals surface area contributed by atoms with E-state index in [-0.39, 0.29) is 11.3 Å². The van der Waals surface area contributed by atoms with Crippen molar-refractivity contribution in [1.29, 1.82) is 0 Å². The summed E-state index contributed by atoms with van der Waals surface area (Å²) in [5.41, 5.74) is 2.83. The highest BCUT2D eigenvalue weighted by molar-refractivity contribution is 6.09. The summed E-state index contributed by atoms with van der Waals surface area (Å²) < 4.78 is 83.3. The maximum Gasteiger partial charge on any atom is 0.200 e. The van der Waals surface area contributed by atoms with Crippen molar-refractivity contribution in [3.05, 3.63) is 131 Å². The summed E-state index contributed by atoms with van der Waals surface area (Å²) in [5.74, 6) is -9.07. The summed E-state index contributed by atoms with van der Waals surface area (Å²) in [7, 11) is 0. The molecule has 7 aromatic rings. The van der Waals surface area contributed by atoms with Gasteiger partial charge in [-0.15, -0.1) is 0 Å². The third-order valence-electron chi connectivity index (χ3n) is 8.57. The van der Waals surface area contributed by atoms with Crippen molar-refractivity contribution in [2.45, 2.75) is 46.5 Å². The number of hydrogen-bond acceptors (Lipinski definition) is 3. The monoisotopic (exact) mass is 666 g/mol. The van der Waals surface area contributed by atoms with Crippen LogP contribution in [0.2, 0.25) is 0 Å². The Hall–Kier alpha value is -5.51. The second-order valence-electron chi connectivity index (χ2n) is 12.6. The van der Waals surface area contributed by atoms with Crippen LogP contribution < -0.4 is 4.74 Å². The smallest absolute Gasteiger partial charge is 0.200 e. The van der Waals surface area contributed by atoms with Crippen LogP contribution in [0.15, 0.2) is 85.1 Å². The van der Waals surface area contributed by atoms with Gasteiger partial charge < -0.3 is 4.74 Å². The van der Waals surface area contributed by atoms with Crippen molar-refractivity contribution in [1.82, 2.24) is 19.3 Å². The van der Waals surface area contributed by atoms with Crippen LogP contribution in [0.1, 0.15) is 56.5 Å². The van der Waals surface area contributed by atoms with Crippen molar-refractivity contribution in [3.8, 4) is 34.1 Å². The molecule has 0 aliphatic rings. The Morgan fingerprint density at radius 3 is 2.00 bits per heavy atom. The molecule has 0 bridgehead atoms. The minimum Gasteiger partial charge on any atom is -0.457 e. The largest absolute Gasteiger partial charge is 0.457 e. The predicted molar refractivity (Wildman–Crippen MR) is 180 cm³/mol. The molecule has 0 spiro atoms. The maximum absolute atomic E-state index is 15.2. The van der Waals surface area contributed by atoms with Crippen LogP contribution in [0, 0.1) is 36.0 Å². The van der Waals surface area contributed by atoms with E-state index in [4.69, 9.17) is 4.74 Å². The number of fused-ring (bicyclic) bond motifs is 3. The van der Waals surface area contributed by atoms with Crippen molar-refractivity contribution in [3.63, 3.8) is 0 Å². The molecule has 5 nitrogen and oxygen atoms in total. The van der Waals surface area contributed by atoms with Gasteiger partial charge >= 0.3 is 0 Å². The first kappa shape index (κ1) is 32.1. The summed E-state index contributed by atoms with van der Waals surface area (Å²) >= 11 is 0. The SMILES string of the molecule is Cc1ccnc(-n2c3ccccc3c3ccc(Oc4cccc(-n5nc(C(C)C)c(-c6c(F)c(F)c(F)c(F)c6F)c5C(C)C)c4)cc32)c1. The van der Waals surface area contributed by atoms with E-state index in [1.54, 1.807) is 58.2 Å². The summed E-state index contributed by atoms with van der Waals surface area (Å²) in [6.07, 6.45) is 1.78. The molecule has 0 radical (unpaired) electrons. The quantitative estimate of drug-likeness (QED) is 0.0966. The highest BCUT2D eigenvalue weighted by atomic mass is 19.2. The van der Waals surface area contributed by atoms with Gasteiger partial charge in [-0.3, -0.25) is 4.57 Å². The van der Waals surface area contributed by atoms with Crippen LogP contribution in [0.25, 0.3) is 44.4 Å². The topological polar surface area (TPSA) is 44.9 Å². The summed E-state index contributed by atoms with van der Waals surface area (Å²) in [4.78, 5) is 4.64. The Balaban J connectivity index is 1.35. The van der Waals surface area contributed by atoms with Crippen LogP contribution >= 0.6 is 0 Å². The van der Waals surface area contributed by atoms with E-state index >= 15 is 8.78 Å². The molecule has 0 aliphatic carbocycles. The maximum atomic E-state index is 15.2. The molecular weight excluding hydrogens is 635 g/mol. The number of rotatable bonds is 7. The van der Waals surface area contributed by atoms with Gasteiger partial charge in [0.1, 0.15) is 17.3 Å². The summed E-state index contributed by atoms with van der Waals surface area (Å²) in [5, 5.41) is 6.78. The highest BCUT2D eigenvalue weighted by Crippen LogP contribution is 2.42. The minimum atomic E-state index is -2.21. The van der Waals surface area contributed by atoms with Crippen molar-refractivity contribution < 1.29 is 26.7 Å². The number of aryl methyl sites for hydroxylation is 1. The molecule has 0 saturated heterocycles. The van der Waals surface area contributed by atoms with Gasteiger partial charge in [-0.2, -0.15) is 5.10 Å². The van der Waals surface area contributed by atoms with Gasteiger partial charge in [0.15, 0.2) is 23.3 Å². The molecule has 49 heavy (non-hydrogen) atoms. The lowest BCUT2D eigenvalue weighted by atomic mass is 9.92. The van der Waals surface area contributed by atoms with Crippen LogP contribution in [0.4, 0.5) is 22.0 Å². The van der Waals surface area contributed by atoms with Gasteiger partial charge in [0.05, 0.1) is 33.7 Å². The Labute approximate surface area is 279 Å². The molecule has 0 N–H and O–H groups in total. The number of nitrogens with zero attached hydrogens (tertiary/aromatic N) is 4. The van der Waals surface area contributed by atoms with E-state index in [9.17, 15) is 13.2 Å². The van der Waals surface area contributed by atoms with Gasteiger partial charge in [0.25, 0.3) is 0 Å². The third-order valence-corrected chi connectivity index (χ3v) is 8.57. The number of ether oxygens (including phenoxy) is 1. The van der Waals surface area contributed by atoms with Crippen LogP contribution in [-0.2, 0) is 0 Å². The average molecular weight is 667 g/mol. The van der Waals surface area contributed by atoms with Crippen molar-refractivity contribution in [2.75, 3.05) is 0 Å². The molecule has 0 saturated carbocycles. The second-order valence-corrected chi connectivity index (χ2v) is 12.6. The fourth-order valence-electron chi connectivity index (χ4n) is 6.38. The lowest BCUT2D eigenvalue weighted by Gasteiger charge is -2.16. The zero-order chi connectivity index (χ0) is 34.7. The summed E-state index contributed by atoms with van der Waals surface area (Å²) in [6, 6.07) is 24.8. The van der Waals surface area contributed by atoms with E-state index in [1.165, 1.54) is 4.68 Å². The summed E-state index contributed by atoms with van der Waals surface area (Å²) in [6.45, 7) is 9.04. The first-order chi connectivity index (χ1) is 23.5. The molecule has 0 amide bonds. The van der Waals surface area contributed by atoms with Crippen LogP contribution in [0.5, 0.6) is 11.5 Å². The van der Waals surface area contributed by atoms with Gasteiger partial charge in [0, 0.05) is 34.7 Å². The Bertz CT molecular complexity index is 2380. The van der Waals surface area contributed by atoms with E-state index in [0.717, 1.165) is 33.2 Å². The molecule has 0 aliphatic heterocycles. The fraction of sp³-hybridized carbons (Fsp3) is 0.179. The fourth-order valence-corrected chi connectivity index (χ4v) is 6.38. The zero-order valence-corrected chi connectivity index (χ0v) is 27.3. The number of halogens is 5. The molecular formula is C39H31F5N4O. The Morgan fingerprint density at radius 2 is 1.31 bits per heavy atom. The molecule has 248 valence electrons. The average Bonchev–Trinajstić information content (AvgIpc) is 3.64. The first-order valence-electron chi connectivity index (χ1n) is 15.8. The molecule has 0 atom stereocenters. The van der Waals surface area contributed by atoms with Crippen LogP contribution in [0.3, 0.4) is 0 Å². The van der Waals surface area contributed by atoms with Gasteiger partial charge in [-0.1, -0.05) is 52.0 Å².